The van der Waals surface area contributed by atoms with Crippen LogP contribution in [0.3, 0.4) is 0 Å². The fraction of sp³-hybridized carbons (Fsp3) is 0.450. The second kappa shape index (κ2) is 14.0. The number of hydrogen-bond acceptors (Lipinski definition) is 7. The molecule has 2 aromatic carbocycles. The van der Waals surface area contributed by atoms with Crippen molar-refractivity contribution in [3.63, 3.8) is 0 Å². The molecule has 1 aliphatic carbocycles. The minimum Gasteiger partial charge on any atom is -0.444 e. The van der Waals surface area contributed by atoms with Crippen LogP contribution < -0.4 is 10.6 Å². The highest BCUT2D eigenvalue weighted by Crippen LogP contribution is 2.47. The van der Waals surface area contributed by atoms with E-state index in [2.05, 4.69) is 15.6 Å². The Balaban J connectivity index is 1.23. The molecule has 1 spiro atoms. The molecule has 1 saturated heterocycles. The van der Waals surface area contributed by atoms with Gasteiger partial charge in [-0.15, -0.1) is 0 Å². The Kier molecular flexibility index (Phi) is 9.87. The molecule has 52 heavy (non-hydrogen) atoms. The van der Waals surface area contributed by atoms with Gasteiger partial charge in [0.25, 0.3) is 0 Å². The van der Waals surface area contributed by atoms with E-state index in [0.717, 1.165) is 27.8 Å². The van der Waals surface area contributed by atoms with Crippen molar-refractivity contribution >= 4 is 41.2 Å². The fourth-order valence-corrected chi connectivity index (χ4v) is 7.64. The molecule has 274 valence electrons. The van der Waals surface area contributed by atoms with Crippen LogP contribution in [0.15, 0.2) is 60.8 Å². The smallest absolute Gasteiger partial charge is 0.410 e. The number of nitrogens with zero attached hydrogens (tertiary/aromatic N) is 4. The third-order valence-electron chi connectivity index (χ3n) is 10.6. The van der Waals surface area contributed by atoms with E-state index in [-0.39, 0.29) is 49.7 Å². The molecule has 0 saturated carbocycles. The van der Waals surface area contributed by atoms with Crippen LogP contribution in [0.1, 0.15) is 74.8 Å². The zero-order valence-electron chi connectivity index (χ0n) is 30.9. The maximum absolute atomic E-state index is 14.6. The van der Waals surface area contributed by atoms with E-state index in [0.29, 0.717) is 43.7 Å². The maximum atomic E-state index is 14.6. The van der Waals surface area contributed by atoms with Crippen molar-refractivity contribution in [2.75, 3.05) is 37.8 Å². The van der Waals surface area contributed by atoms with Gasteiger partial charge in [-0.1, -0.05) is 43.3 Å². The number of aromatic nitrogens is 1. The number of nitrogens with one attached hydrogen (secondary N) is 2. The van der Waals surface area contributed by atoms with E-state index in [9.17, 15) is 24.0 Å². The van der Waals surface area contributed by atoms with Gasteiger partial charge in [0.15, 0.2) is 0 Å². The summed E-state index contributed by atoms with van der Waals surface area (Å²) in [4.78, 5) is 76.4. The number of carbonyl (C=O) groups is 5. The Bertz CT molecular complexity index is 1920. The van der Waals surface area contributed by atoms with Gasteiger partial charge in [-0.05, 0) is 86.9 Å². The van der Waals surface area contributed by atoms with E-state index in [4.69, 9.17) is 4.74 Å². The number of hydrogen-bond donors (Lipinski definition) is 2. The van der Waals surface area contributed by atoms with Crippen LogP contribution in [0.5, 0.6) is 0 Å². The van der Waals surface area contributed by atoms with Crippen LogP contribution in [0.25, 0.3) is 0 Å². The van der Waals surface area contributed by atoms with Crippen molar-refractivity contribution in [2.45, 2.75) is 83.9 Å². The molecule has 0 radical (unpaired) electrons. The summed E-state index contributed by atoms with van der Waals surface area (Å²) in [6, 6.07) is 17.0. The van der Waals surface area contributed by atoms with Crippen LogP contribution in [-0.2, 0) is 55.3 Å². The van der Waals surface area contributed by atoms with Crippen molar-refractivity contribution in [1.82, 2.24) is 19.7 Å². The molecule has 1 aromatic heterocycles. The molecule has 3 heterocycles. The Morgan fingerprint density at radius 3 is 2.38 bits per heavy atom. The van der Waals surface area contributed by atoms with E-state index < -0.39 is 22.5 Å². The van der Waals surface area contributed by atoms with Crippen LogP contribution in [0.4, 0.5) is 16.3 Å². The lowest BCUT2D eigenvalue weighted by Gasteiger charge is -2.41. The number of ether oxygens (including phenoxy) is 1. The zero-order chi connectivity index (χ0) is 37.4. The van der Waals surface area contributed by atoms with Crippen LogP contribution in [-0.4, -0.2) is 82.2 Å². The van der Waals surface area contributed by atoms with Gasteiger partial charge in [0.05, 0.1) is 10.8 Å². The fourth-order valence-electron chi connectivity index (χ4n) is 7.64. The summed E-state index contributed by atoms with van der Waals surface area (Å²) in [7, 11) is 3.40. The minimum atomic E-state index is -0.943. The quantitative estimate of drug-likeness (QED) is 0.317. The van der Waals surface area contributed by atoms with Crippen molar-refractivity contribution in [3.05, 3.63) is 88.6 Å². The summed E-state index contributed by atoms with van der Waals surface area (Å²) in [5.41, 5.74) is 2.69. The Morgan fingerprint density at radius 1 is 0.981 bits per heavy atom. The highest BCUT2D eigenvalue weighted by atomic mass is 16.6. The maximum Gasteiger partial charge on any atom is 0.410 e. The number of benzene rings is 2. The number of anilines is 2. The Labute approximate surface area is 304 Å². The summed E-state index contributed by atoms with van der Waals surface area (Å²) < 4.78 is 5.55. The first-order chi connectivity index (χ1) is 24.6. The molecule has 3 aromatic rings. The van der Waals surface area contributed by atoms with Gasteiger partial charge in [0.2, 0.25) is 23.6 Å². The molecule has 1 fully saturated rings. The van der Waals surface area contributed by atoms with Crippen molar-refractivity contribution < 1.29 is 28.7 Å². The molecule has 3 aliphatic rings. The van der Waals surface area contributed by atoms with Crippen LogP contribution >= 0.6 is 0 Å². The van der Waals surface area contributed by atoms with Gasteiger partial charge in [-0.25, -0.2) is 9.78 Å². The standard InChI is InChI=1S/C40H48N6O6/c1-7-39(16-18-44(5)33(48)22-39)36(50)46(24-28-12-9-8-11-27(28)23-45(6)37(51)52-38(2,3)4)25-32(47)42-30-15-14-26-20-40(21-29(26)19-30)31-13-10-17-41-34(31)43-35(40)49/h8-15,17,19H,7,16,18,20-25H2,1-6H3,(H,42,47)(H,41,43,49)/t39?,40-/m1/s1. The van der Waals surface area contributed by atoms with Crippen molar-refractivity contribution in [2.24, 2.45) is 5.41 Å². The average Bonchev–Trinajstić information content (AvgIpc) is 3.61. The normalized spacial score (nSPS) is 20.6. The van der Waals surface area contributed by atoms with Gasteiger partial charge in [0, 0.05) is 57.6 Å². The molecule has 6 rings (SSSR count). The van der Waals surface area contributed by atoms with E-state index >= 15 is 0 Å². The minimum absolute atomic E-state index is 0.0682. The van der Waals surface area contributed by atoms with Gasteiger partial charge in [-0.2, -0.15) is 0 Å². The lowest BCUT2D eigenvalue weighted by atomic mass is 9.74. The topological polar surface area (TPSA) is 141 Å². The molecule has 2 aliphatic heterocycles. The number of fused-ring (bicyclic) bond motifs is 3. The Hall–Kier alpha value is -5.26. The summed E-state index contributed by atoms with van der Waals surface area (Å²) in [5.74, 6) is -0.226. The second-order valence-corrected chi connectivity index (χ2v) is 15.5. The SMILES string of the molecule is CCC1(C(=O)N(CC(=O)Nc2ccc3c(c2)C[C@@]2(C3)C(=O)Nc3ncccc32)Cc2ccccc2CN(C)C(=O)OC(C)(C)C)CCN(C)C(=O)C1. The van der Waals surface area contributed by atoms with Gasteiger partial charge < -0.3 is 30.1 Å². The molecule has 2 N–H and O–H groups in total. The zero-order valence-corrected chi connectivity index (χ0v) is 30.9. The lowest BCUT2D eigenvalue weighted by molar-refractivity contribution is -0.154. The molecule has 1 unspecified atom stereocenters. The number of amides is 5. The number of carbonyl (C=O) groups excluding carboxylic acids is 5. The molecular weight excluding hydrogens is 660 g/mol. The first kappa shape index (κ1) is 36.5. The lowest BCUT2D eigenvalue weighted by Crippen LogP contribution is -2.52. The Morgan fingerprint density at radius 2 is 1.69 bits per heavy atom. The molecular formula is C40H48N6O6. The first-order valence-electron chi connectivity index (χ1n) is 17.9. The summed E-state index contributed by atoms with van der Waals surface area (Å²) >= 11 is 0. The molecule has 12 nitrogen and oxygen atoms in total. The highest BCUT2D eigenvalue weighted by molar-refractivity contribution is 6.06. The third-order valence-corrected chi connectivity index (χ3v) is 10.6. The largest absolute Gasteiger partial charge is 0.444 e. The van der Waals surface area contributed by atoms with E-state index in [1.807, 2.05) is 82.3 Å². The monoisotopic (exact) mass is 708 g/mol. The predicted molar refractivity (Wildman–Crippen MR) is 196 cm³/mol. The first-order valence-corrected chi connectivity index (χ1v) is 17.9. The molecule has 2 atom stereocenters. The third kappa shape index (κ3) is 7.24. The van der Waals surface area contributed by atoms with Crippen LogP contribution in [0.2, 0.25) is 0 Å². The predicted octanol–water partition coefficient (Wildman–Crippen LogP) is 5.05. The number of pyridine rings is 1. The van der Waals surface area contributed by atoms with Gasteiger partial charge >= 0.3 is 6.09 Å². The van der Waals surface area contributed by atoms with Gasteiger partial charge in [0.1, 0.15) is 18.0 Å². The van der Waals surface area contributed by atoms with Crippen LogP contribution in [0, 0.1) is 5.41 Å². The second-order valence-electron chi connectivity index (χ2n) is 15.5. The molecule has 5 amide bonds. The summed E-state index contributed by atoms with van der Waals surface area (Å²) in [5, 5.41) is 5.92. The number of rotatable bonds is 9. The van der Waals surface area contributed by atoms with Crippen molar-refractivity contribution in [1.29, 1.82) is 0 Å². The molecule has 12 heteroatoms. The highest BCUT2D eigenvalue weighted by Gasteiger charge is 2.51. The number of likely N-dealkylation sites (tertiary alicyclic amines) is 1. The van der Waals surface area contributed by atoms with E-state index in [1.165, 1.54) is 4.90 Å². The number of piperidine rings is 1. The molecule has 0 bridgehead atoms. The van der Waals surface area contributed by atoms with Crippen molar-refractivity contribution in [3.8, 4) is 0 Å². The van der Waals surface area contributed by atoms with Gasteiger partial charge in [-0.3, -0.25) is 19.2 Å². The summed E-state index contributed by atoms with van der Waals surface area (Å²) in [6.07, 6.45) is 3.22. The summed E-state index contributed by atoms with van der Waals surface area (Å²) in [6.45, 7) is 7.87. The average molecular weight is 709 g/mol. The van der Waals surface area contributed by atoms with E-state index in [1.54, 1.807) is 30.1 Å².